The number of hydrogen-bond acceptors (Lipinski definition) is 3. The highest BCUT2D eigenvalue weighted by Gasteiger charge is 1.91. The van der Waals surface area contributed by atoms with Crippen molar-refractivity contribution < 1.29 is 9.90 Å². The van der Waals surface area contributed by atoms with Crippen LogP contribution in [0.3, 0.4) is 0 Å². The molecule has 4 N–H and O–H groups in total. The number of carbonyl (C=O) groups is 1. The Kier molecular flexibility index (Phi) is 3.05. The highest BCUT2D eigenvalue weighted by atomic mass is 16.3. The number of benzene rings is 1. The van der Waals surface area contributed by atoms with Gasteiger partial charge in [0.1, 0.15) is 5.75 Å². The number of rotatable bonds is 2. The summed E-state index contributed by atoms with van der Waals surface area (Å²) in [5.41, 5.74) is 2.70. The summed E-state index contributed by atoms with van der Waals surface area (Å²) in [6, 6.07) is 6.55. The average Bonchev–Trinajstić information content (AvgIpc) is 2.14. The van der Waals surface area contributed by atoms with Crippen molar-refractivity contribution in [3.63, 3.8) is 0 Å². The lowest BCUT2D eigenvalue weighted by Gasteiger charge is -1.94. The summed E-state index contributed by atoms with van der Waals surface area (Å²) in [6.07, 6.45) is 2.84. The average molecular weight is 178 g/mol. The first-order valence-electron chi connectivity index (χ1n) is 3.70. The van der Waals surface area contributed by atoms with Crippen LogP contribution in [0.4, 0.5) is 0 Å². The van der Waals surface area contributed by atoms with Crippen LogP contribution in [0.1, 0.15) is 5.56 Å². The first-order valence-corrected chi connectivity index (χ1v) is 3.70. The lowest BCUT2D eigenvalue weighted by molar-refractivity contribution is -0.116. The van der Waals surface area contributed by atoms with E-state index in [2.05, 4.69) is 0 Å². The van der Waals surface area contributed by atoms with Crippen LogP contribution in [0.25, 0.3) is 6.08 Å². The van der Waals surface area contributed by atoms with E-state index in [4.69, 9.17) is 10.9 Å². The molecular weight excluding hydrogens is 168 g/mol. The minimum Gasteiger partial charge on any atom is -0.508 e. The van der Waals surface area contributed by atoms with Crippen molar-refractivity contribution in [2.45, 2.75) is 0 Å². The fraction of sp³-hybridized carbons (Fsp3) is 0. The molecule has 0 aliphatic rings. The van der Waals surface area contributed by atoms with Gasteiger partial charge in [-0.1, -0.05) is 12.1 Å². The number of carbonyl (C=O) groups excluding carboxylic acids is 1. The van der Waals surface area contributed by atoms with Gasteiger partial charge in [-0.2, -0.15) is 0 Å². The molecule has 0 saturated heterocycles. The minimum absolute atomic E-state index is 0.162. The van der Waals surface area contributed by atoms with E-state index < -0.39 is 0 Å². The molecule has 0 aromatic heterocycles. The monoisotopic (exact) mass is 178 g/mol. The molecule has 13 heavy (non-hydrogen) atoms. The maximum absolute atomic E-state index is 10.7. The molecule has 0 spiro atoms. The third kappa shape index (κ3) is 2.96. The minimum atomic E-state index is -0.386. The van der Waals surface area contributed by atoms with E-state index in [0.717, 1.165) is 5.56 Å². The Balaban J connectivity index is 2.74. The maximum Gasteiger partial charge on any atom is 0.257 e. The van der Waals surface area contributed by atoms with Crippen LogP contribution >= 0.6 is 0 Å². The van der Waals surface area contributed by atoms with Crippen LogP contribution in [-0.4, -0.2) is 11.0 Å². The fourth-order valence-corrected chi connectivity index (χ4v) is 0.848. The largest absolute Gasteiger partial charge is 0.508 e. The normalized spacial score (nSPS) is 10.2. The third-order valence-electron chi connectivity index (χ3n) is 1.44. The molecule has 0 heterocycles. The van der Waals surface area contributed by atoms with Crippen LogP contribution in [-0.2, 0) is 4.79 Å². The number of aromatic hydroxyl groups is 1. The Bertz CT molecular complexity index is 334. The standard InChI is InChI=1S/C9H10N2O2/c10-11-9(13)5-4-7-2-1-3-8(12)6-7/h1-6,12H,10H2,(H,11,13)/b5-4+. The Hall–Kier alpha value is -1.81. The van der Waals surface area contributed by atoms with Gasteiger partial charge >= 0.3 is 0 Å². The van der Waals surface area contributed by atoms with Crippen molar-refractivity contribution in [3.05, 3.63) is 35.9 Å². The van der Waals surface area contributed by atoms with Gasteiger partial charge in [0.25, 0.3) is 5.91 Å². The van der Waals surface area contributed by atoms with Crippen molar-refractivity contribution in [1.82, 2.24) is 5.43 Å². The van der Waals surface area contributed by atoms with Crippen molar-refractivity contribution in [1.29, 1.82) is 0 Å². The predicted molar refractivity (Wildman–Crippen MR) is 49.5 cm³/mol. The first-order chi connectivity index (χ1) is 6.22. The van der Waals surface area contributed by atoms with Gasteiger partial charge in [-0.15, -0.1) is 0 Å². The first kappa shape index (κ1) is 9.28. The molecular formula is C9H10N2O2. The second kappa shape index (κ2) is 4.27. The lowest BCUT2D eigenvalue weighted by atomic mass is 10.2. The predicted octanol–water partition coefficient (Wildman–Crippen LogP) is 0.395. The molecule has 0 atom stereocenters. The molecule has 0 unspecified atom stereocenters. The van der Waals surface area contributed by atoms with E-state index in [9.17, 15) is 4.79 Å². The molecule has 1 aromatic carbocycles. The molecule has 0 aliphatic carbocycles. The third-order valence-corrected chi connectivity index (χ3v) is 1.44. The van der Waals surface area contributed by atoms with E-state index in [0.29, 0.717) is 0 Å². The summed E-state index contributed by atoms with van der Waals surface area (Å²) in [4.78, 5) is 10.7. The van der Waals surface area contributed by atoms with Gasteiger partial charge in [0.15, 0.2) is 0 Å². The maximum atomic E-state index is 10.7. The summed E-state index contributed by atoms with van der Waals surface area (Å²) in [5, 5.41) is 9.08. The van der Waals surface area contributed by atoms with Crippen molar-refractivity contribution >= 4 is 12.0 Å². The zero-order chi connectivity index (χ0) is 9.68. The Morgan fingerprint density at radius 2 is 2.31 bits per heavy atom. The number of amides is 1. The molecule has 4 nitrogen and oxygen atoms in total. The quantitative estimate of drug-likeness (QED) is 0.265. The number of phenolic OH excluding ortho intramolecular Hbond substituents is 1. The summed E-state index contributed by atoms with van der Waals surface area (Å²) in [7, 11) is 0. The van der Waals surface area contributed by atoms with Crippen LogP contribution in [0, 0.1) is 0 Å². The summed E-state index contributed by atoms with van der Waals surface area (Å²) < 4.78 is 0. The Labute approximate surface area is 75.7 Å². The van der Waals surface area contributed by atoms with E-state index in [1.165, 1.54) is 6.08 Å². The van der Waals surface area contributed by atoms with Crippen LogP contribution in [0.5, 0.6) is 5.75 Å². The Morgan fingerprint density at radius 3 is 2.92 bits per heavy atom. The van der Waals surface area contributed by atoms with Gasteiger partial charge in [0, 0.05) is 6.08 Å². The smallest absolute Gasteiger partial charge is 0.257 e. The number of nitrogens with one attached hydrogen (secondary N) is 1. The van der Waals surface area contributed by atoms with Crippen LogP contribution < -0.4 is 11.3 Å². The highest BCUT2D eigenvalue weighted by molar-refractivity contribution is 5.91. The van der Waals surface area contributed by atoms with E-state index in [-0.39, 0.29) is 11.7 Å². The van der Waals surface area contributed by atoms with Crippen molar-refractivity contribution in [2.75, 3.05) is 0 Å². The summed E-state index contributed by atoms with van der Waals surface area (Å²) >= 11 is 0. The SMILES string of the molecule is NNC(=O)/C=C/c1cccc(O)c1. The van der Waals surface area contributed by atoms with Gasteiger partial charge in [-0.25, -0.2) is 5.84 Å². The zero-order valence-corrected chi connectivity index (χ0v) is 6.90. The van der Waals surface area contributed by atoms with Gasteiger partial charge in [0.2, 0.25) is 0 Å². The van der Waals surface area contributed by atoms with E-state index in [1.807, 2.05) is 5.43 Å². The molecule has 1 rings (SSSR count). The molecule has 4 heteroatoms. The second-order valence-electron chi connectivity index (χ2n) is 2.44. The molecule has 0 aliphatic heterocycles. The number of phenols is 1. The molecule has 0 bridgehead atoms. The van der Waals surface area contributed by atoms with E-state index >= 15 is 0 Å². The van der Waals surface area contributed by atoms with Crippen molar-refractivity contribution in [3.8, 4) is 5.75 Å². The zero-order valence-electron chi connectivity index (χ0n) is 6.90. The van der Waals surface area contributed by atoms with Gasteiger partial charge in [-0.3, -0.25) is 10.2 Å². The van der Waals surface area contributed by atoms with E-state index in [1.54, 1.807) is 30.3 Å². The summed E-state index contributed by atoms with van der Waals surface area (Å²) in [5.74, 6) is 4.64. The number of hydrogen-bond donors (Lipinski definition) is 3. The second-order valence-corrected chi connectivity index (χ2v) is 2.44. The van der Waals surface area contributed by atoms with Crippen LogP contribution in [0.15, 0.2) is 30.3 Å². The Morgan fingerprint density at radius 1 is 1.54 bits per heavy atom. The van der Waals surface area contributed by atoms with Gasteiger partial charge < -0.3 is 5.11 Å². The highest BCUT2D eigenvalue weighted by Crippen LogP contribution is 2.11. The lowest BCUT2D eigenvalue weighted by Crippen LogP contribution is -2.27. The topological polar surface area (TPSA) is 75.3 Å². The molecule has 0 radical (unpaired) electrons. The van der Waals surface area contributed by atoms with Gasteiger partial charge in [0.05, 0.1) is 0 Å². The fourth-order valence-electron chi connectivity index (χ4n) is 0.848. The molecule has 0 fully saturated rings. The number of nitrogens with two attached hydrogens (primary N) is 1. The molecule has 1 amide bonds. The summed E-state index contributed by atoms with van der Waals surface area (Å²) in [6.45, 7) is 0. The van der Waals surface area contributed by atoms with Gasteiger partial charge in [-0.05, 0) is 23.8 Å². The molecule has 68 valence electrons. The molecule has 0 saturated carbocycles. The molecule has 1 aromatic rings. The van der Waals surface area contributed by atoms with Crippen LogP contribution in [0.2, 0.25) is 0 Å². The van der Waals surface area contributed by atoms with Crippen molar-refractivity contribution in [2.24, 2.45) is 5.84 Å². The number of hydrazine groups is 1.